The monoisotopic (exact) mass is 265 g/mol. The zero-order valence-electron chi connectivity index (χ0n) is 9.37. The van der Waals surface area contributed by atoms with Crippen LogP contribution in [0.2, 0.25) is 5.02 Å². The Morgan fingerprint density at radius 1 is 1.41 bits per heavy atom. The molecule has 17 heavy (non-hydrogen) atoms. The summed E-state index contributed by atoms with van der Waals surface area (Å²) in [7, 11) is 0. The quantitative estimate of drug-likeness (QED) is 0.896. The van der Waals surface area contributed by atoms with Gasteiger partial charge in [0.15, 0.2) is 0 Å². The fraction of sp³-hybridized carbons (Fsp3) is 0.154. The molecule has 1 N–H and O–H groups in total. The van der Waals surface area contributed by atoms with Crippen molar-refractivity contribution in [3.8, 4) is 0 Å². The average Bonchev–Trinajstić information content (AvgIpc) is 2.75. The molecule has 0 bridgehead atoms. The van der Waals surface area contributed by atoms with Gasteiger partial charge in [-0.1, -0.05) is 17.7 Å². The van der Waals surface area contributed by atoms with Gasteiger partial charge in [0.2, 0.25) is 5.91 Å². The van der Waals surface area contributed by atoms with Gasteiger partial charge in [0.25, 0.3) is 0 Å². The average molecular weight is 266 g/mol. The summed E-state index contributed by atoms with van der Waals surface area (Å²) in [5.41, 5.74) is 2.76. The van der Waals surface area contributed by atoms with E-state index in [9.17, 15) is 4.79 Å². The Morgan fingerprint density at radius 3 is 2.88 bits per heavy atom. The van der Waals surface area contributed by atoms with Crippen molar-refractivity contribution < 1.29 is 4.79 Å². The normalized spacial score (nSPS) is 10.2. The predicted molar refractivity (Wildman–Crippen MR) is 72.8 cm³/mol. The maximum absolute atomic E-state index is 11.8. The van der Waals surface area contributed by atoms with E-state index < -0.39 is 0 Å². The number of hydrogen-bond donors (Lipinski definition) is 1. The lowest BCUT2D eigenvalue weighted by molar-refractivity contribution is -0.115. The Hall–Kier alpha value is -1.32. The van der Waals surface area contributed by atoms with Crippen LogP contribution in [0.5, 0.6) is 0 Å². The van der Waals surface area contributed by atoms with E-state index in [1.807, 2.05) is 41.9 Å². The van der Waals surface area contributed by atoms with Crippen molar-refractivity contribution in [3.63, 3.8) is 0 Å². The van der Waals surface area contributed by atoms with Crippen molar-refractivity contribution in [1.82, 2.24) is 0 Å². The van der Waals surface area contributed by atoms with Crippen molar-refractivity contribution >= 4 is 34.5 Å². The highest BCUT2D eigenvalue weighted by Gasteiger charge is 2.07. The van der Waals surface area contributed by atoms with E-state index in [-0.39, 0.29) is 5.91 Å². The van der Waals surface area contributed by atoms with Crippen molar-refractivity contribution in [2.24, 2.45) is 0 Å². The van der Waals surface area contributed by atoms with Gasteiger partial charge >= 0.3 is 0 Å². The zero-order chi connectivity index (χ0) is 12.3. The fourth-order valence-electron chi connectivity index (χ4n) is 1.49. The first-order valence-electron chi connectivity index (χ1n) is 5.22. The molecule has 0 saturated heterocycles. The summed E-state index contributed by atoms with van der Waals surface area (Å²) >= 11 is 7.63. The number of rotatable bonds is 3. The molecule has 1 aromatic heterocycles. The summed E-state index contributed by atoms with van der Waals surface area (Å²) in [5, 5.41) is 7.31. The number of hydrogen-bond acceptors (Lipinski definition) is 2. The van der Waals surface area contributed by atoms with Crippen LogP contribution in [0.25, 0.3) is 0 Å². The van der Waals surface area contributed by atoms with Gasteiger partial charge in [0.05, 0.1) is 17.1 Å². The second-order valence-electron chi connectivity index (χ2n) is 3.84. The molecule has 0 spiro atoms. The van der Waals surface area contributed by atoms with Gasteiger partial charge in [-0.05, 0) is 47.0 Å². The second kappa shape index (κ2) is 5.34. The SMILES string of the molecule is Cc1ccc(NC(=O)Cc2ccsc2)c(Cl)c1. The minimum Gasteiger partial charge on any atom is -0.324 e. The Balaban J connectivity index is 2.03. The van der Waals surface area contributed by atoms with Crippen LogP contribution in [0.15, 0.2) is 35.0 Å². The topological polar surface area (TPSA) is 29.1 Å². The van der Waals surface area contributed by atoms with E-state index in [0.29, 0.717) is 17.1 Å². The third-order valence-electron chi connectivity index (χ3n) is 2.34. The molecule has 0 aliphatic heterocycles. The molecule has 0 aliphatic carbocycles. The van der Waals surface area contributed by atoms with Crippen LogP contribution in [0.3, 0.4) is 0 Å². The van der Waals surface area contributed by atoms with Crippen molar-refractivity contribution in [2.75, 3.05) is 5.32 Å². The molecule has 88 valence electrons. The smallest absolute Gasteiger partial charge is 0.228 e. The highest BCUT2D eigenvalue weighted by Crippen LogP contribution is 2.22. The molecule has 0 aliphatic rings. The predicted octanol–water partition coefficient (Wildman–Crippen LogP) is 3.89. The van der Waals surface area contributed by atoms with Gasteiger partial charge in [-0.15, -0.1) is 0 Å². The van der Waals surface area contributed by atoms with Crippen LogP contribution in [0, 0.1) is 6.92 Å². The summed E-state index contributed by atoms with van der Waals surface area (Å²) in [6.45, 7) is 1.96. The van der Waals surface area contributed by atoms with E-state index in [4.69, 9.17) is 11.6 Å². The van der Waals surface area contributed by atoms with Crippen LogP contribution < -0.4 is 5.32 Å². The standard InChI is InChI=1S/C13H12ClNOS/c1-9-2-3-12(11(14)6-9)15-13(16)7-10-4-5-17-8-10/h2-6,8H,7H2,1H3,(H,15,16). The number of carbonyl (C=O) groups is 1. The van der Waals surface area contributed by atoms with E-state index in [2.05, 4.69) is 5.32 Å². The van der Waals surface area contributed by atoms with Gasteiger partial charge in [-0.25, -0.2) is 0 Å². The Labute approximate surface area is 109 Å². The molecule has 0 saturated carbocycles. The molecular formula is C13H12ClNOS. The summed E-state index contributed by atoms with van der Waals surface area (Å²) in [6.07, 6.45) is 0.383. The van der Waals surface area contributed by atoms with E-state index >= 15 is 0 Å². The van der Waals surface area contributed by atoms with Crippen LogP contribution in [0.1, 0.15) is 11.1 Å². The first-order chi connectivity index (χ1) is 8.15. The molecule has 4 heteroatoms. The van der Waals surface area contributed by atoms with E-state index in [1.54, 1.807) is 11.3 Å². The minimum atomic E-state index is -0.0471. The maximum atomic E-state index is 11.8. The molecular weight excluding hydrogens is 254 g/mol. The Bertz CT molecular complexity index is 522. The summed E-state index contributed by atoms with van der Waals surface area (Å²) in [5.74, 6) is -0.0471. The molecule has 2 aromatic rings. The third kappa shape index (κ3) is 3.32. The molecule has 0 fully saturated rings. The van der Waals surface area contributed by atoms with Crippen molar-refractivity contribution in [3.05, 3.63) is 51.2 Å². The van der Waals surface area contributed by atoms with E-state index in [1.165, 1.54) is 0 Å². The van der Waals surface area contributed by atoms with Crippen LogP contribution >= 0.6 is 22.9 Å². The largest absolute Gasteiger partial charge is 0.324 e. The lowest BCUT2D eigenvalue weighted by atomic mass is 10.2. The number of halogens is 1. The molecule has 0 radical (unpaired) electrons. The first kappa shape index (κ1) is 12.1. The lowest BCUT2D eigenvalue weighted by Gasteiger charge is -2.07. The molecule has 1 aromatic carbocycles. The molecule has 1 amide bonds. The number of thiophene rings is 1. The summed E-state index contributed by atoms with van der Waals surface area (Å²) in [6, 6.07) is 7.53. The lowest BCUT2D eigenvalue weighted by Crippen LogP contribution is -2.14. The van der Waals surface area contributed by atoms with Crippen LogP contribution in [-0.4, -0.2) is 5.91 Å². The molecule has 0 unspecified atom stereocenters. The van der Waals surface area contributed by atoms with Gasteiger partial charge in [-0.2, -0.15) is 11.3 Å². The van der Waals surface area contributed by atoms with E-state index in [0.717, 1.165) is 11.1 Å². The number of benzene rings is 1. The highest BCUT2D eigenvalue weighted by molar-refractivity contribution is 7.08. The number of nitrogens with one attached hydrogen (secondary N) is 1. The minimum absolute atomic E-state index is 0.0471. The maximum Gasteiger partial charge on any atom is 0.228 e. The molecule has 0 atom stereocenters. The molecule has 1 heterocycles. The first-order valence-corrected chi connectivity index (χ1v) is 6.54. The molecule has 2 nitrogen and oxygen atoms in total. The third-order valence-corrected chi connectivity index (χ3v) is 3.39. The Kier molecular flexibility index (Phi) is 3.82. The van der Waals surface area contributed by atoms with Crippen LogP contribution in [0.4, 0.5) is 5.69 Å². The number of aryl methyl sites for hydroxylation is 1. The second-order valence-corrected chi connectivity index (χ2v) is 5.03. The zero-order valence-corrected chi connectivity index (χ0v) is 10.9. The van der Waals surface area contributed by atoms with Gasteiger partial charge in [-0.3, -0.25) is 4.79 Å². The number of anilines is 1. The van der Waals surface area contributed by atoms with Gasteiger partial charge in [0, 0.05) is 0 Å². The van der Waals surface area contributed by atoms with Gasteiger partial charge < -0.3 is 5.32 Å². The van der Waals surface area contributed by atoms with Crippen LogP contribution in [-0.2, 0) is 11.2 Å². The number of carbonyl (C=O) groups excluding carboxylic acids is 1. The van der Waals surface area contributed by atoms with Crippen molar-refractivity contribution in [1.29, 1.82) is 0 Å². The highest BCUT2D eigenvalue weighted by atomic mass is 35.5. The Morgan fingerprint density at radius 2 is 2.24 bits per heavy atom. The fourth-order valence-corrected chi connectivity index (χ4v) is 2.45. The molecule has 2 rings (SSSR count). The summed E-state index contributed by atoms with van der Waals surface area (Å²) < 4.78 is 0. The van der Waals surface area contributed by atoms with Gasteiger partial charge in [0.1, 0.15) is 0 Å². The van der Waals surface area contributed by atoms with Crippen molar-refractivity contribution in [2.45, 2.75) is 13.3 Å². The number of amides is 1. The summed E-state index contributed by atoms with van der Waals surface area (Å²) in [4.78, 5) is 11.8.